The van der Waals surface area contributed by atoms with E-state index in [4.69, 9.17) is 47.8 Å². The van der Waals surface area contributed by atoms with Crippen molar-refractivity contribution in [2.45, 2.75) is 50.7 Å². The topological polar surface area (TPSA) is 109 Å². The number of hydrogen-bond donors (Lipinski definition) is 1. The molecule has 1 saturated heterocycles. The molecule has 2 aromatic heterocycles. The number of amides is 1. The molecule has 3 atom stereocenters. The third-order valence-electron chi connectivity index (χ3n) is 7.94. The van der Waals surface area contributed by atoms with Crippen molar-refractivity contribution in [3.8, 4) is 0 Å². The van der Waals surface area contributed by atoms with Crippen LogP contribution in [0.3, 0.4) is 0 Å². The van der Waals surface area contributed by atoms with Crippen LogP contribution in [0.4, 0.5) is 0 Å². The van der Waals surface area contributed by atoms with Gasteiger partial charge in [0.05, 0.1) is 19.3 Å². The summed E-state index contributed by atoms with van der Waals surface area (Å²) in [4.78, 5) is 30.4. The Morgan fingerprint density at radius 3 is 2.64 bits per heavy atom. The molecule has 3 aliphatic rings. The highest BCUT2D eigenvalue weighted by Gasteiger charge is 2.32. The monoisotopic (exact) mass is 614 g/mol. The van der Waals surface area contributed by atoms with Gasteiger partial charge >= 0.3 is 0 Å². The van der Waals surface area contributed by atoms with Gasteiger partial charge in [-0.2, -0.15) is 9.51 Å². The summed E-state index contributed by atoms with van der Waals surface area (Å²) >= 11 is 13.8. The van der Waals surface area contributed by atoms with Gasteiger partial charge in [-0.1, -0.05) is 18.2 Å². The Kier molecular flexibility index (Phi) is 8.91. The maximum Gasteiger partial charge on any atom is 0.246 e. The Labute approximate surface area is 254 Å². The quantitative estimate of drug-likeness (QED) is 0.375. The van der Waals surface area contributed by atoms with Crippen molar-refractivity contribution >= 4 is 46.3 Å². The fourth-order valence-electron chi connectivity index (χ4n) is 5.86. The second-order valence-corrected chi connectivity index (χ2v) is 11.4. The van der Waals surface area contributed by atoms with Crippen LogP contribution in [0.2, 0.25) is 0 Å². The lowest BCUT2D eigenvalue weighted by atomic mass is 10.0. The van der Waals surface area contributed by atoms with Crippen molar-refractivity contribution in [3.05, 3.63) is 63.4 Å². The average molecular weight is 616 g/mol. The number of fused-ring (bicyclic) bond motifs is 3. The predicted octanol–water partition coefficient (Wildman–Crippen LogP) is 1.88. The number of nitrogens with zero attached hydrogens (tertiary/aromatic N) is 7. The van der Waals surface area contributed by atoms with Crippen molar-refractivity contribution < 1.29 is 14.3 Å². The smallest absolute Gasteiger partial charge is 0.246 e. The minimum atomic E-state index is -0.653. The number of ether oxygens (including phenoxy) is 2. The number of aromatic nitrogens is 3. The van der Waals surface area contributed by atoms with E-state index in [2.05, 4.69) is 35.6 Å². The lowest BCUT2D eigenvalue weighted by molar-refractivity contribution is -0.130. The van der Waals surface area contributed by atoms with E-state index in [1.807, 2.05) is 11.0 Å². The molecule has 13 heteroatoms. The standard InChI is InChI=1S/C29H36Cl2N8O3/c1-7-23(40)37-14-16(2)38(17(3)15-37)10-8-9-22-34-28-19(24-25(30)20(41-5)12-21(42-6)26(24)31)11-18-13-33-29(32-4)35-27(18)39(28)36-22/h7,11-12,16-17,25H,1,8-10,13-15H2,2-6H3,(H,32,33)/t16-,17+,25?. The minimum absolute atomic E-state index is 0.0195. The second kappa shape index (κ2) is 12.4. The molecule has 0 spiro atoms. The maximum absolute atomic E-state index is 12.2. The summed E-state index contributed by atoms with van der Waals surface area (Å²) in [7, 11) is 4.81. The molecule has 2 aromatic rings. The van der Waals surface area contributed by atoms with Crippen molar-refractivity contribution in [1.82, 2.24) is 29.7 Å². The van der Waals surface area contributed by atoms with Crippen LogP contribution in [0.15, 0.2) is 51.3 Å². The van der Waals surface area contributed by atoms with E-state index in [0.717, 1.165) is 23.7 Å². The Morgan fingerprint density at radius 1 is 1.26 bits per heavy atom. The SMILES string of the molecule is C=CC(=O)N1C[C@@H](C)N(CCCc2nc3c(=C4C(Cl)=C(OC)C=C(OC)C4Cl)cc4c(n3n2)=NC(=NC)NC4)[C@@H](C)C1. The number of guanidine groups is 1. The zero-order valence-electron chi connectivity index (χ0n) is 24.5. The van der Waals surface area contributed by atoms with E-state index >= 15 is 0 Å². The fraction of sp³-hybridized carbons (Fsp3) is 0.483. The normalized spacial score (nSPS) is 25.1. The zero-order chi connectivity index (χ0) is 30.1. The molecule has 0 aromatic carbocycles. The third kappa shape index (κ3) is 5.52. The summed E-state index contributed by atoms with van der Waals surface area (Å²) in [6.07, 6.45) is 4.59. The van der Waals surface area contributed by atoms with Crippen molar-refractivity contribution in [3.63, 3.8) is 0 Å². The molecule has 1 amide bonds. The first kappa shape index (κ1) is 30.1. The number of halogens is 2. The third-order valence-corrected chi connectivity index (χ3v) is 8.76. The second-order valence-electron chi connectivity index (χ2n) is 10.6. The molecule has 11 nitrogen and oxygen atoms in total. The molecule has 1 fully saturated rings. The molecule has 5 rings (SSSR count). The number of nitrogens with one attached hydrogen (secondary N) is 1. The molecule has 1 unspecified atom stereocenters. The number of pyridine rings is 1. The first-order valence-electron chi connectivity index (χ1n) is 13.9. The summed E-state index contributed by atoms with van der Waals surface area (Å²) in [5.74, 6) is 2.16. The summed E-state index contributed by atoms with van der Waals surface area (Å²) in [6.45, 7) is 10.7. The van der Waals surface area contributed by atoms with Gasteiger partial charge in [0, 0.05) is 67.6 Å². The predicted molar refractivity (Wildman–Crippen MR) is 163 cm³/mol. The molecule has 0 bridgehead atoms. The van der Waals surface area contributed by atoms with E-state index in [9.17, 15) is 4.79 Å². The van der Waals surface area contributed by atoms with Crippen molar-refractivity contribution in [1.29, 1.82) is 0 Å². The van der Waals surface area contributed by atoms with Gasteiger partial charge in [0.25, 0.3) is 0 Å². The molecule has 4 heterocycles. The molecule has 1 N–H and O–H groups in total. The molecular weight excluding hydrogens is 579 g/mol. The van der Waals surface area contributed by atoms with Gasteiger partial charge in [-0.3, -0.25) is 14.7 Å². The largest absolute Gasteiger partial charge is 0.499 e. The number of piperazine rings is 1. The summed E-state index contributed by atoms with van der Waals surface area (Å²) in [6, 6.07) is 2.47. The van der Waals surface area contributed by atoms with E-state index in [0.29, 0.717) is 71.1 Å². The van der Waals surface area contributed by atoms with Crippen LogP contribution >= 0.6 is 23.2 Å². The van der Waals surface area contributed by atoms with Gasteiger partial charge in [0.1, 0.15) is 16.9 Å². The molecule has 224 valence electrons. The van der Waals surface area contributed by atoms with Crippen LogP contribution in [0, 0.1) is 0 Å². The molecule has 1 aliphatic carbocycles. The van der Waals surface area contributed by atoms with Gasteiger partial charge in [-0.05, 0) is 39.0 Å². The van der Waals surface area contributed by atoms with Crippen LogP contribution < -0.4 is 16.0 Å². The number of carbonyl (C=O) groups excluding carboxylic acids is 1. The molecule has 2 aliphatic heterocycles. The number of rotatable bonds is 7. The van der Waals surface area contributed by atoms with Gasteiger partial charge < -0.3 is 19.7 Å². The van der Waals surface area contributed by atoms with Gasteiger partial charge in [0.15, 0.2) is 17.0 Å². The van der Waals surface area contributed by atoms with Gasteiger partial charge in [-0.15, -0.1) is 16.7 Å². The lowest BCUT2D eigenvalue weighted by Crippen LogP contribution is -2.57. The molecule has 42 heavy (non-hydrogen) atoms. The Hall–Kier alpha value is -3.41. The fourth-order valence-corrected chi connectivity index (χ4v) is 6.63. The molecule has 0 saturated carbocycles. The highest BCUT2D eigenvalue weighted by molar-refractivity contribution is 6.41. The van der Waals surface area contributed by atoms with E-state index in [1.165, 1.54) is 6.08 Å². The number of alkyl halides is 1. The Morgan fingerprint density at radius 2 is 2.00 bits per heavy atom. The number of allylic oxidation sites excluding steroid dienone is 3. The number of carbonyl (C=O) groups is 1. The number of aliphatic imine (C=N–C) groups is 1. The average Bonchev–Trinajstić information content (AvgIpc) is 3.42. The number of aryl methyl sites for hydroxylation is 1. The zero-order valence-corrected chi connectivity index (χ0v) is 26.0. The minimum Gasteiger partial charge on any atom is -0.499 e. The van der Waals surface area contributed by atoms with E-state index in [-0.39, 0.29) is 18.0 Å². The van der Waals surface area contributed by atoms with Crippen LogP contribution in [0.1, 0.15) is 31.7 Å². The molecular formula is C29H36Cl2N8O3. The van der Waals surface area contributed by atoms with Gasteiger partial charge in [0.2, 0.25) is 11.9 Å². The highest BCUT2D eigenvalue weighted by Crippen LogP contribution is 2.36. The number of methoxy groups -OCH3 is 2. The summed E-state index contributed by atoms with van der Waals surface area (Å²) < 4.78 is 12.9. The Balaban J connectivity index is 1.53. The number of hydrogen-bond acceptors (Lipinski definition) is 7. The van der Waals surface area contributed by atoms with Crippen molar-refractivity contribution in [2.75, 3.05) is 40.9 Å². The van der Waals surface area contributed by atoms with Crippen LogP contribution in [-0.2, 0) is 27.2 Å². The first-order chi connectivity index (χ1) is 20.2. The van der Waals surface area contributed by atoms with Crippen LogP contribution in [-0.4, -0.2) is 94.6 Å². The molecule has 0 radical (unpaired) electrons. The summed E-state index contributed by atoms with van der Waals surface area (Å²) in [5.41, 5.74) is 2.79. The lowest BCUT2D eigenvalue weighted by Gasteiger charge is -2.44. The maximum atomic E-state index is 12.2. The van der Waals surface area contributed by atoms with E-state index in [1.54, 1.807) is 31.9 Å². The van der Waals surface area contributed by atoms with Crippen LogP contribution in [0.5, 0.6) is 0 Å². The summed E-state index contributed by atoms with van der Waals surface area (Å²) in [5, 5.41) is 8.58. The first-order valence-corrected chi connectivity index (χ1v) is 14.7. The Bertz CT molecular complexity index is 1620. The van der Waals surface area contributed by atoms with Gasteiger partial charge in [-0.25, -0.2) is 4.98 Å². The van der Waals surface area contributed by atoms with Crippen LogP contribution in [0.25, 0.3) is 11.2 Å². The highest BCUT2D eigenvalue weighted by atomic mass is 35.5. The van der Waals surface area contributed by atoms with E-state index < -0.39 is 5.38 Å². The van der Waals surface area contributed by atoms with Crippen molar-refractivity contribution in [2.24, 2.45) is 9.98 Å².